The third kappa shape index (κ3) is 4.97. The highest BCUT2D eigenvalue weighted by Crippen LogP contribution is 2.33. The zero-order chi connectivity index (χ0) is 20.3. The number of hydrogen-bond acceptors (Lipinski definition) is 5. The Bertz CT molecular complexity index is 738. The van der Waals surface area contributed by atoms with Gasteiger partial charge in [-0.1, -0.05) is 12.1 Å². The highest BCUT2D eigenvalue weighted by Gasteiger charge is 2.41. The Labute approximate surface area is 171 Å². The molecule has 3 fully saturated rings. The predicted octanol–water partition coefficient (Wildman–Crippen LogP) is 2.00. The minimum Gasteiger partial charge on any atom is -0.478 e. The molecule has 1 unspecified atom stereocenters. The molecular formula is C22H30N2O5. The predicted molar refractivity (Wildman–Crippen MR) is 107 cm³/mol. The van der Waals surface area contributed by atoms with Crippen molar-refractivity contribution < 1.29 is 24.2 Å². The minimum absolute atomic E-state index is 0.206. The number of nitrogens with zero attached hydrogens (tertiary/aromatic N) is 2. The second-order valence-electron chi connectivity index (χ2n) is 8.56. The van der Waals surface area contributed by atoms with Crippen molar-refractivity contribution in [1.29, 1.82) is 0 Å². The molecule has 0 aliphatic carbocycles. The number of piperidine rings is 1. The molecule has 7 nitrogen and oxygen atoms in total. The van der Waals surface area contributed by atoms with E-state index in [4.69, 9.17) is 9.47 Å². The average Bonchev–Trinajstić information content (AvgIpc) is 3.17. The molecule has 1 amide bonds. The van der Waals surface area contributed by atoms with Crippen molar-refractivity contribution in [3.8, 4) is 0 Å². The van der Waals surface area contributed by atoms with Crippen LogP contribution in [0.3, 0.4) is 0 Å². The highest BCUT2D eigenvalue weighted by atomic mass is 16.5. The van der Waals surface area contributed by atoms with Crippen LogP contribution in [0.4, 0.5) is 0 Å². The Kier molecular flexibility index (Phi) is 6.18. The van der Waals surface area contributed by atoms with Gasteiger partial charge in [-0.05, 0) is 37.0 Å². The number of likely N-dealkylation sites (tertiary alicyclic amines) is 1. The maximum Gasteiger partial charge on any atom is 0.335 e. The van der Waals surface area contributed by atoms with Crippen LogP contribution in [0, 0.1) is 5.92 Å². The normalized spacial score (nSPS) is 25.3. The molecule has 4 rings (SSSR count). The first-order chi connectivity index (χ1) is 14.0. The lowest BCUT2D eigenvalue weighted by molar-refractivity contribution is -0.136. The molecule has 7 heteroatoms. The third-order valence-corrected chi connectivity index (χ3v) is 6.45. The third-order valence-electron chi connectivity index (χ3n) is 6.45. The molecule has 158 valence electrons. The number of amides is 1. The van der Waals surface area contributed by atoms with Crippen LogP contribution in [-0.4, -0.2) is 78.4 Å². The van der Waals surface area contributed by atoms with Crippen molar-refractivity contribution in [2.24, 2.45) is 5.92 Å². The topological polar surface area (TPSA) is 79.3 Å². The molecule has 3 aliphatic rings. The highest BCUT2D eigenvalue weighted by molar-refractivity contribution is 5.87. The number of carboxylic acids is 1. The summed E-state index contributed by atoms with van der Waals surface area (Å²) in [6.45, 7) is 6.03. The Morgan fingerprint density at radius 2 is 2.03 bits per heavy atom. The van der Waals surface area contributed by atoms with Gasteiger partial charge in [0.25, 0.3) is 0 Å². The first kappa shape index (κ1) is 20.3. The van der Waals surface area contributed by atoms with Gasteiger partial charge in [0.2, 0.25) is 5.91 Å². The molecule has 3 heterocycles. The molecule has 0 aromatic heterocycles. The molecule has 29 heavy (non-hydrogen) atoms. The van der Waals surface area contributed by atoms with Crippen LogP contribution in [0.1, 0.15) is 41.6 Å². The van der Waals surface area contributed by atoms with Crippen molar-refractivity contribution in [3.63, 3.8) is 0 Å². The van der Waals surface area contributed by atoms with E-state index in [1.54, 1.807) is 18.2 Å². The number of carboxylic acid groups (broad SMARTS) is 1. The van der Waals surface area contributed by atoms with Crippen molar-refractivity contribution in [2.45, 2.75) is 37.8 Å². The van der Waals surface area contributed by atoms with Crippen LogP contribution >= 0.6 is 0 Å². The van der Waals surface area contributed by atoms with Crippen LogP contribution in [-0.2, 0) is 20.8 Å². The molecule has 0 bridgehead atoms. The number of ether oxygens (including phenoxy) is 2. The van der Waals surface area contributed by atoms with E-state index in [0.29, 0.717) is 31.1 Å². The Morgan fingerprint density at radius 3 is 2.76 bits per heavy atom. The molecule has 0 radical (unpaired) electrons. The van der Waals surface area contributed by atoms with Gasteiger partial charge in [-0.25, -0.2) is 4.79 Å². The van der Waals surface area contributed by atoms with Crippen LogP contribution < -0.4 is 0 Å². The number of hydrogen-bond donors (Lipinski definition) is 1. The maximum absolute atomic E-state index is 12.9. The fourth-order valence-corrected chi connectivity index (χ4v) is 4.67. The van der Waals surface area contributed by atoms with E-state index in [9.17, 15) is 14.7 Å². The molecule has 1 aromatic carbocycles. The lowest BCUT2D eigenvalue weighted by Crippen LogP contribution is -2.47. The quantitative estimate of drug-likeness (QED) is 0.812. The van der Waals surface area contributed by atoms with E-state index in [2.05, 4.69) is 4.90 Å². The largest absolute Gasteiger partial charge is 0.478 e. The van der Waals surface area contributed by atoms with Gasteiger partial charge in [0.1, 0.15) is 0 Å². The number of carbonyl (C=O) groups is 2. The standard InChI is InChI=1S/C22H30N2O5/c25-20-13-22(29-11-9-24(20)15-18-4-10-28-16-18)5-7-23(8-6-22)14-17-2-1-3-19(12-17)21(26)27/h1-3,12,18H,4-11,13-16H2,(H,26,27). The molecule has 1 aromatic rings. The summed E-state index contributed by atoms with van der Waals surface area (Å²) in [5.41, 5.74) is 0.974. The summed E-state index contributed by atoms with van der Waals surface area (Å²) in [6.07, 6.45) is 3.16. The van der Waals surface area contributed by atoms with E-state index in [1.807, 2.05) is 11.0 Å². The second-order valence-corrected chi connectivity index (χ2v) is 8.56. The molecule has 0 saturated carbocycles. The van der Waals surface area contributed by atoms with E-state index in [-0.39, 0.29) is 11.5 Å². The number of carbonyl (C=O) groups excluding carboxylic acids is 1. The Morgan fingerprint density at radius 1 is 1.21 bits per heavy atom. The summed E-state index contributed by atoms with van der Waals surface area (Å²) in [6, 6.07) is 7.11. The first-order valence-corrected chi connectivity index (χ1v) is 10.6. The van der Waals surface area contributed by atoms with Crippen molar-refractivity contribution in [3.05, 3.63) is 35.4 Å². The van der Waals surface area contributed by atoms with E-state index >= 15 is 0 Å². The van der Waals surface area contributed by atoms with Gasteiger partial charge in [0.15, 0.2) is 0 Å². The minimum atomic E-state index is -0.900. The number of aromatic carboxylic acids is 1. The molecular weight excluding hydrogens is 372 g/mol. The van der Waals surface area contributed by atoms with Gasteiger partial charge in [-0.2, -0.15) is 0 Å². The van der Waals surface area contributed by atoms with E-state index in [0.717, 1.165) is 64.2 Å². The summed E-state index contributed by atoms with van der Waals surface area (Å²) < 4.78 is 11.7. The van der Waals surface area contributed by atoms with Crippen LogP contribution in [0.2, 0.25) is 0 Å². The van der Waals surface area contributed by atoms with Gasteiger partial charge < -0.3 is 19.5 Å². The SMILES string of the molecule is O=C(O)c1cccc(CN2CCC3(CC2)CC(=O)N(CC2CCOC2)CCO3)c1. The maximum atomic E-state index is 12.9. The van der Waals surface area contributed by atoms with Gasteiger partial charge in [-0.15, -0.1) is 0 Å². The molecule has 1 atom stereocenters. The lowest BCUT2D eigenvalue weighted by atomic mass is 9.87. The second kappa shape index (κ2) is 8.81. The smallest absolute Gasteiger partial charge is 0.335 e. The van der Waals surface area contributed by atoms with Gasteiger partial charge in [-0.3, -0.25) is 9.69 Å². The zero-order valence-corrected chi connectivity index (χ0v) is 16.8. The Balaban J connectivity index is 1.31. The van der Waals surface area contributed by atoms with Crippen LogP contribution in [0.25, 0.3) is 0 Å². The summed E-state index contributed by atoms with van der Waals surface area (Å²) >= 11 is 0. The van der Waals surface area contributed by atoms with Gasteiger partial charge in [0.05, 0.1) is 30.8 Å². The molecule has 3 saturated heterocycles. The Hall–Kier alpha value is -1.96. The van der Waals surface area contributed by atoms with E-state index < -0.39 is 5.97 Å². The van der Waals surface area contributed by atoms with Gasteiger partial charge >= 0.3 is 5.97 Å². The first-order valence-electron chi connectivity index (χ1n) is 10.6. The van der Waals surface area contributed by atoms with Crippen molar-refractivity contribution >= 4 is 11.9 Å². The summed E-state index contributed by atoms with van der Waals surface area (Å²) in [4.78, 5) is 28.3. The van der Waals surface area contributed by atoms with Crippen molar-refractivity contribution in [2.75, 3.05) is 46.0 Å². The summed E-state index contributed by atoms with van der Waals surface area (Å²) in [7, 11) is 0. The molecule has 1 N–H and O–H groups in total. The van der Waals surface area contributed by atoms with Crippen LogP contribution in [0.5, 0.6) is 0 Å². The van der Waals surface area contributed by atoms with Gasteiger partial charge in [0, 0.05) is 45.2 Å². The molecule has 3 aliphatic heterocycles. The monoisotopic (exact) mass is 402 g/mol. The summed E-state index contributed by atoms with van der Waals surface area (Å²) in [5, 5.41) is 9.17. The van der Waals surface area contributed by atoms with E-state index in [1.165, 1.54) is 0 Å². The lowest BCUT2D eigenvalue weighted by Gasteiger charge is -2.40. The zero-order valence-electron chi connectivity index (χ0n) is 16.8. The number of rotatable bonds is 5. The fourth-order valence-electron chi connectivity index (χ4n) is 4.67. The van der Waals surface area contributed by atoms with Crippen LogP contribution in [0.15, 0.2) is 24.3 Å². The summed E-state index contributed by atoms with van der Waals surface area (Å²) in [5.74, 6) is -0.239. The fraction of sp³-hybridized carbons (Fsp3) is 0.636. The average molecular weight is 402 g/mol. The molecule has 1 spiro atoms. The van der Waals surface area contributed by atoms with Crippen molar-refractivity contribution in [1.82, 2.24) is 9.80 Å². The number of benzene rings is 1.